The van der Waals surface area contributed by atoms with Gasteiger partial charge in [0.05, 0.1) is 39.0 Å². The Labute approximate surface area is 283 Å². The monoisotopic (exact) mass is 665 g/mol. The summed E-state index contributed by atoms with van der Waals surface area (Å²) >= 11 is 0. The largest absolute Gasteiger partial charge is 0.493 e. The van der Waals surface area contributed by atoms with Crippen LogP contribution in [-0.2, 0) is 30.2 Å². The van der Waals surface area contributed by atoms with Gasteiger partial charge in [-0.2, -0.15) is 0 Å². The molecule has 2 rings (SSSR count). The lowest BCUT2D eigenvalue weighted by molar-refractivity contribution is -0.166. The van der Waals surface area contributed by atoms with Gasteiger partial charge in [0.2, 0.25) is 5.91 Å². The van der Waals surface area contributed by atoms with Gasteiger partial charge >= 0.3 is 5.97 Å². The molecule has 4 N–H and O–H groups in total. The summed E-state index contributed by atoms with van der Waals surface area (Å²) in [6, 6.07) is 5.87. The van der Waals surface area contributed by atoms with E-state index in [1.54, 1.807) is 14.2 Å². The van der Waals surface area contributed by atoms with Gasteiger partial charge in [-0.1, -0.05) is 33.8 Å². The van der Waals surface area contributed by atoms with Crippen LogP contribution in [0, 0.1) is 23.7 Å². The second-order valence-corrected chi connectivity index (χ2v) is 14.4. The number of esters is 1. The summed E-state index contributed by atoms with van der Waals surface area (Å²) in [5, 5.41) is 14.7. The van der Waals surface area contributed by atoms with Gasteiger partial charge in [-0.15, -0.1) is 0 Å². The number of benzene rings is 1. The van der Waals surface area contributed by atoms with Crippen LogP contribution in [0.2, 0.25) is 0 Å². The van der Waals surface area contributed by atoms with Crippen molar-refractivity contribution in [1.82, 2.24) is 10.2 Å². The number of hydrogen-bond donors (Lipinski definition) is 3. The van der Waals surface area contributed by atoms with Crippen LogP contribution in [0.15, 0.2) is 18.2 Å². The van der Waals surface area contributed by atoms with E-state index in [9.17, 15) is 14.7 Å². The molecule has 1 saturated heterocycles. The lowest BCUT2D eigenvalue weighted by atomic mass is 9.75. The van der Waals surface area contributed by atoms with Gasteiger partial charge in [0.25, 0.3) is 0 Å². The number of ether oxygens (including phenoxy) is 5. The van der Waals surface area contributed by atoms with E-state index in [1.807, 2.05) is 52.8 Å². The number of morpholine rings is 1. The first-order valence-corrected chi connectivity index (χ1v) is 17.2. The highest BCUT2D eigenvalue weighted by Gasteiger charge is 2.44. The van der Waals surface area contributed by atoms with E-state index in [2.05, 4.69) is 24.1 Å². The zero-order valence-corrected chi connectivity index (χ0v) is 30.4. The minimum Gasteiger partial charge on any atom is -0.493 e. The molecule has 0 spiro atoms. The van der Waals surface area contributed by atoms with E-state index in [0.717, 1.165) is 25.1 Å². The first-order chi connectivity index (χ1) is 22.1. The molecule has 1 fully saturated rings. The number of aliphatic hydroxyl groups excluding tert-OH is 1. The van der Waals surface area contributed by atoms with Gasteiger partial charge < -0.3 is 39.8 Å². The van der Waals surface area contributed by atoms with Crippen molar-refractivity contribution in [3.63, 3.8) is 0 Å². The molecular formula is C36H63N3O8. The molecule has 11 nitrogen and oxygen atoms in total. The molecule has 1 aliphatic rings. The second-order valence-electron chi connectivity index (χ2n) is 14.4. The first-order valence-electron chi connectivity index (χ1n) is 17.2. The Morgan fingerprint density at radius 2 is 1.74 bits per heavy atom. The molecular weight excluding hydrogens is 602 g/mol. The van der Waals surface area contributed by atoms with Gasteiger partial charge in [-0.3, -0.25) is 14.5 Å². The Morgan fingerprint density at radius 1 is 1.06 bits per heavy atom. The molecule has 0 unspecified atom stereocenters. The third-order valence-electron chi connectivity index (χ3n) is 8.97. The zero-order chi connectivity index (χ0) is 35.2. The third kappa shape index (κ3) is 13.5. The molecule has 47 heavy (non-hydrogen) atoms. The molecule has 1 aromatic rings. The van der Waals surface area contributed by atoms with E-state index in [0.29, 0.717) is 63.9 Å². The van der Waals surface area contributed by atoms with Crippen LogP contribution >= 0.6 is 0 Å². The highest BCUT2D eigenvalue weighted by molar-refractivity contribution is 5.86. The Balaban J connectivity index is 2.26. The van der Waals surface area contributed by atoms with Crippen molar-refractivity contribution in [3.05, 3.63) is 23.8 Å². The number of carbonyl (C=O) groups is 2. The van der Waals surface area contributed by atoms with Gasteiger partial charge in [0.1, 0.15) is 11.1 Å². The summed E-state index contributed by atoms with van der Waals surface area (Å²) in [4.78, 5) is 29.5. The molecule has 0 saturated carbocycles. The fourth-order valence-corrected chi connectivity index (χ4v) is 5.75. The van der Waals surface area contributed by atoms with Gasteiger partial charge in [-0.25, -0.2) is 0 Å². The Morgan fingerprint density at radius 3 is 2.32 bits per heavy atom. The normalized spacial score (nSPS) is 17.6. The zero-order valence-electron chi connectivity index (χ0n) is 30.4. The smallest absolute Gasteiger partial charge is 0.312 e. The summed E-state index contributed by atoms with van der Waals surface area (Å²) in [5.41, 5.74) is 5.69. The number of nitrogens with two attached hydrogens (primary N) is 1. The number of methoxy groups -OCH3 is 2. The number of aliphatic hydroxyl groups is 1. The van der Waals surface area contributed by atoms with Crippen LogP contribution in [0.25, 0.3) is 0 Å². The Kier molecular flexibility index (Phi) is 16.9. The van der Waals surface area contributed by atoms with Crippen molar-refractivity contribution in [2.75, 3.05) is 66.8 Å². The molecule has 1 aliphatic heterocycles. The predicted molar refractivity (Wildman–Crippen MR) is 184 cm³/mol. The van der Waals surface area contributed by atoms with Crippen LogP contribution in [-0.4, -0.2) is 106 Å². The molecule has 1 amide bonds. The third-order valence-corrected chi connectivity index (χ3v) is 8.97. The minimum absolute atomic E-state index is 0.00507. The van der Waals surface area contributed by atoms with E-state index in [1.165, 1.54) is 0 Å². The fraction of sp³-hybridized carbons (Fsp3) is 0.778. The SMILES string of the molecule is COCCCOc1cc(C[C@H](C[C@H](C(=O)OC(C)(C)C)[C@@H](O)C[C@@](N)(C(=O)NCCN2CCOCC2)C(C)C)C(C)C)ccc1OC. The minimum atomic E-state index is -1.39. The van der Waals surface area contributed by atoms with Crippen molar-refractivity contribution in [2.24, 2.45) is 29.4 Å². The number of hydrogen-bond acceptors (Lipinski definition) is 10. The van der Waals surface area contributed by atoms with Crippen molar-refractivity contribution >= 4 is 11.9 Å². The molecule has 4 atom stereocenters. The van der Waals surface area contributed by atoms with Gasteiger partial charge in [0.15, 0.2) is 11.5 Å². The van der Waals surface area contributed by atoms with E-state index >= 15 is 0 Å². The van der Waals surface area contributed by atoms with Crippen LogP contribution in [0.4, 0.5) is 0 Å². The lowest BCUT2D eigenvalue weighted by Crippen LogP contribution is -2.60. The summed E-state index contributed by atoms with van der Waals surface area (Å²) in [6.07, 6.45) is 0.474. The predicted octanol–water partition coefficient (Wildman–Crippen LogP) is 3.83. The highest BCUT2D eigenvalue weighted by Crippen LogP contribution is 2.34. The molecule has 0 aliphatic carbocycles. The lowest BCUT2D eigenvalue weighted by Gasteiger charge is -2.37. The average molecular weight is 666 g/mol. The van der Waals surface area contributed by atoms with Crippen molar-refractivity contribution in [2.45, 2.75) is 91.4 Å². The van der Waals surface area contributed by atoms with Crippen LogP contribution in [0.5, 0.6) is 11.5 Å². The summed E-state index contributed by atoms with van der Waals surface area (Å²) in [5.74, 6) is -0.523. The number of rotatable bonds is 20. The van der Waals surface area contributed by atoms with Crippen LogP contribution in [0.1, 0.15) is 73.3 Å². The summed E-state index contributed by atoms with van der Waals surface area (Å²) < 4.78 is 27.9. The highest BCUT2D eigenvalue weighted by atomic mass is 16.6. The van der Waals surface area contributed by atoms with Crippen LogP contribution in [0.3, 0.4) is 0 Å². The Hall–Kier alpha value is -2.44. The molecule has 0 aromatic heterocycles. The van der Waals surface area contributed by atoms with E-state index < -0.39 is 29.1 Å². The fourth-order valence-electron chi connectivity index (χ4n) is 5.75. The van der Waals surface area contributed by atoms with Crippen molar-refractivity contribution in [1.29, 1.82) is 0 Å². The molecule has 270 valence electrons. The quantitative estimate of drug-likeness (QED) is 0.139. The maximum absolute atomic E-state index is 13.7. The maximum atomic E-state index is 13.7. The van der Waals surface area contributed by atoms with E-state index in [-0.39, 0.29) is 30.1 Å². The average Bonchev–Trinajstić information content (AvgIpc) is 3.00. The number of nitrogens with zero attached hydrogens (tertiary/aromatic N) is 1. The molecule has 11 heteroatoms. The van der Waals surface area contributed by atoms with Gasteiger partial charge in [0, 0.05) is 52.7 Å². The molecule has 0 bridgehead atoms. The van der Waals surface area contributed by atoms with E-state index in [4.69, 9.17) is 29.4 Å². The standard InChI is InChI=1S/C36H63N3O8/c1-25(2)28(21-27-11-12-31(44-9)32(22-27)46-18-10-17-43-8)23-29(33(41)47-35(5,6)7)30(40)24-36(37,26(3)4)34(42)38-13-14-39-15-19-45-20-16-39/h11-12,22,25-26,28-30,40H,10,13-21,23-24,37H2,1-9H3,(H,38,42)/t28-,29+,30+,36+/m1/s1. The second kappa shape index (κ2) is 19.5. The van der Waals surface area contributed by atoms with Gasteiger partial charge in [-0.05, 0) is 69.1 Å². The maximum Gasteiger partial charge on any atom is 0.312 e. The number of carbonyl (C=O) groups excluding carboxylic acids is 2. The van der Waals surface area contributed by atoms with Crippen LogP contribution < -0.4 is 20.5 Å². The molecule has 1 aromatic carbocycles. The number of nitrogens with one attached hydrogen (secondary N) is 1. The first kappa shape index (κ1) is 40.7. The summed E-state index contributed by atoms with van der Waals surface area (Å²) in [6.45, 7) is 18.6. The van der Waals surface area contributed by atoms with Crippen molar-refractivity contribution < 1.29 is 38.4 Å². The Bertz CT molecular complexity index is 1090. The molecule has 1 heterocycles. The topological polar surface area (TPSA) is 142 Å². The van der Waals surface area contributed by atoms with Crippen molar-refractivity contribution in [3.8, 4) is 11.5 Å². The number of amides is 1. The molecule has 0 radical (unpaired) electrons. The summed E-state index contributed by atoms with van der Waals surface area (Å²) in [7, 11) is 3.27.